The average Bonchev–Trinajstić information content (AvgIpc) is 2.74. The first-order valence-electron chi connectivity index (χ1n) is 9.60. The van der Waals surface area contributed by atoms with Gasteiger partial charge >= 0.3 is 0 Å². The van der Waals surface area contributed by atoms with E-state index in [0.717, 1.165) is 46.5 Å². The van der Waals surface area contributed by atoms with Crippen LogP contribution in [0.4, 0.5) is 11.4 Å². The molecule has 3 rings (SSSR count). The van der Waals surface area contributed by atoms with Crippen molar-refractivity contribution in [2.75, 3.05) is 43.7 Å². The summed E-state index contributed by atoms with van der Waals surface area (Å²) in [4.78, 5) is 16.5. The first-order chi connectivity index (χ1) is 13.8. The van der Waals surface area contributed by atoms with Gasteiger partial charge in [0, 0.05) is 37.8 Å². The third-order valence-electron chi connectivity index (χ3n) is 5.04. The van der Waals surface area contributed by atoms with Crippen LogP contribution in [0.1, 0.15) is 29.6 Å². The maximum atomic E-state index is 13.2. The maximum absolute atomic E-state index is 13.2. The Balaban J connectivity index is 2.03. The number of para-hydroxylation sites is 1. The summed E-state index contributed by atoms with van der Waals surface area (Å²) in [5.74, 6) is -0.303. The molecule has 0 aromatic heterocycles. The minimum absolute atomic E-state index is 0.117. The molecule has 0 unspecified atom stereocenters. The van der Waals surface area contributed by atoms with Crippen LogP contribution >= 0.6 is 11.8 Å². The van der Waals surface area contributed by atoms with E-state index in [1.807, 2.05) is 30.5 Å². The van der Waals surface area contributed by atoms with Crippen LogP contribution in [0.25, 0.3) is 0 Å². The number of carbonyl (C=O) groups excluding carboxylic acids is 1. The lowest BCUT2D eigenvalue weighted by Gasteiger charge is -2.30. The van der Waals surface area contributed by atoms with Gasteiger partial charge in [-0.15, -0.1) is 11.8 Å². The molecular formula is C21H27N3O3S2. The largest absolute Gasteiger partial charge is 0.371 e. The van der Waals surface area contributed by atoms with E-state index in [9.17, 15) is 13.2 Å². The molecule has 1 amide bonds. The summed E-state index contributed by atoms with van der Waals surface area (Å²) in [6.45, 7) is 1.73. The van der Waals surface area contributed by atoms with Gasteiger partial charge in [0.1, 0.15) is 0 Å². The highest BCUT2D eigenvalue weighted by Crippen LogP contribution is 2.30. The molecule has 1 fully saturated rings. The SMILES string of the molecule is CSc1ccccc1NC(=O)c1cc(S(=O)(=O)N(C)C)ccc1N1CCCCC1. The second-order valence-corrected chi connectivity index (χ2v) is 10.2. The summed E-state index contributed by atoms with van der Waals surface area (Å²) >= 11 is 1.55. The lowest BCUT2D eigenvalue weighted by molar-refractivity contribution is 0.102. The number of hydrogen-bond acceptors (Lipinski definition) is 5. The van der Waals surface area contributed by atoms with Crippen molar-refractivity contribution in [3.05, 3.63) is 48.0 Å². The molecule has 8 heteroatoms. The van der Waals surface area contributed by atoms with E-state index >= 15 is 0 Å². The molecule has 0 radical (unpaired) electrons. The van der Waals surface area contributed by atoms with Crippen molar-refractivity contribution < 1.29 is 13.2 Å². The van der Waals surface area contributed by atoms with Crippen LogP contribution in [0, 0.1) is 0 Å². The minimum Gasteiger partial charge on any atom is -0.371 e. The van der Waals surface area contributed by atoms with E-state index in [4.69, 9.17) is 0 Å². The molecule has 29 heavy (non-hydrogen) atoms. The van der Waals surface area contributed by atoms with Crippen LogP contribution < -0.4 is 10.2 Å². The van der Waals surface area contributed by atoms with Gasteiger partial charge < -0.3 is 10.2 Å². The molecule has 6 nitrogen and oxygen atoms in total. The molecule has 0 saturated carbocycles. The smallest absolute Gasteiger partial charge is 0.257 e. The molecule has 156 valence electrons. The van der Waals surface area contributed by atoms with Crippen molar-refractivity contribution in [1.82, 2.24) is 4.31 Å². The van der Waals surface area contributed by atoms with Gasteiger partial charge in [-0.1, -0.05) is 12.1 Å². The Bertz CT molecular complexity index is 984. The van der Waals surface area contributed by atoms with Gasteiger partial charge in [0.05, 0.1) is 16.1 Å². The van der Waals surface area contributed by atoms with Crippen LogP contribution in [0.15, 0.2) is 52.3 Å². The Morgan fingerprint density at radius 1 is 1.07 bits per heavy atom. The van der Waals surface area contributed by atoms with Gasteiger partial charge in [-0.3, -0.25) is 4.79 Å². The molecule has 0 aliphatic carbocycles. The molecule has 1 saturated heterocycles. The molecular weight excluding hydrogens is 406 g/mol. The fourth-order valence-corrected chi connectivity index (χ4v) is 4.90. The zero-order chi connectivity index (χ0) is 21.0. The number of rotatable bonds is 6. The summed E-state index contributed by atoms with van der Waals surface area (Å²) in [5, 5.41) is 2.97. The second kappa shape index (κ2) is 9.19. The first kappa shape index (κ1) is 21.7. The Kier molecular flexibility index (Phi) is 6.87. The van der Waals surface area contributed by atoms with Crippen molar-refractivity contribution in [2.24, 2.45) is 0 Å². The zero-order valence-electron chi connectivity index (χ0n) is 17.0. The van der Waals surface area contributed by atoms with Crippen molar-refractivity contribution in [2.45, 2.75) is 29.1 Å². The number of nitrogens with one attached hydrogen (secondary N) is 1. The van der Waals surface area contributed by atoms with Crippen LogP contribution in [0.5, 0.6) is 0 Å². The normalized spacial score (nSPS) is 14.8. The van der Waals surface area contributed by atoms with Gasteiger partial charge in [-0.05, 0) is 55.9 Å². The molecule has 0 spiro atoms. The van der Waals surface area contributed by atoms with Crippen molar-refractivity contribution in [3.63, 3.8) is 0 Å². The number of thioether (sulfide) groups is 1. The van der Waals surface area contributed by atoms with Crippen LogP contribution in [0.3, 0.4) is 0 Å². The fourth-order valence-electron chi connectivity index (χ4n) is 3.42. The number of nitrogens with zero attached hydrogens (tertiary/aromatic N) is 2. The van der Waals surface area contributed by atoms with E-state index in [-0.39, 0.29) is 10.8 Å². The molecule has 1 N–H and O–H groups in total. The summed E-state index contributed by atoms with van der Waals surface area (Å²) in [6.07, 6.45) is 5.25. The van der Waals surface area contributed by atoms with E-state index in [1.165, 1.54) is 26.6 Å². The molecule has 0 atom stereocenters. The van der Waals surface area contributed by atoms with Gasteiger partial charge in [-0.25, -0.2) is 12.7 Å². The van der Waals surface area contributed by atoms with Crippen LogP contribution in [0.2, 0.25) is 0 Å². The number of carbonyl (C=O) groups is 1. The maximum Gasteiger partial charge on any atom is 0.257 e. The lowest BCUT2D eigenvalue weighted by atomic mass is 10.1. The number of sulfonamides is 1. The highest BCUT2D eigenvalue weighted by Gasteiger charge is 2.24. The number of anilines is 2. The molecule has 1 aliphatic heterocycles. The standard InChI is InChI=1S/C21H27N3O3S2/c1-23(2)29(26,27)16-11-12-19(24-13-7-4-8-14-24)17(15-16)21(25)22-18-9-5-6-10-20(18)28-3/h5-6,9-12,15H,4,7-8,13-14H2,1-3H3,(H,22,25). The molecule has 2 aromatic rings. The Labute approximate surface area is 177 Å². The van der Waals surface area contributed by atoms with Gasteiger partial charge in [0.2, 0.25) is 10.0 Å². The van der Waals surface area contributed by atoms with Crippen LogP contribution in [-0.4, -0.2) is 52.1 Å². The number of benzene rings is 2. The first-order valence-corrected chi connectivity index (χ1v) is 12.3. The topological polar surface area (TPSA) is 69.7 Å². The van der Waals surface area contributed by atoms with Crippen molar-refractivity contribution in [1.29, 1.82) is 0 Å². The molecule has 1 aliphatic rings. The van der Waals surface area contributed by atoms with Gasteiger partial charge in [0.15, 0.2) is 0 Å². The van der Waals surface area contributed by atoms with Gasteiger partial charge in [-0.2, -0.15) is 0 Å². The number of piperidine rings is 1. The molecule has 0 bridgehead atoms. The monoisotopic (exact) mass is 433 g/mol. The lowest BCUT2D eigenvalue weighted by Crippen LogP contribution is -2.32. The predicted molar refractivity (Wildman–Crippen MR) is 120 cm³/mol. The quantitative estimate of drug-likeness (QED) is 0.700. The average molecular weight is 434 g/mol. The van der Waals surface area contributed by atoms with Crippen molar-refractivity contribution >= 4 is 39.1 Å². The Hall–Kier alpha value is -2.03. The van der Waals surface area contributed by atoms with Gasteiger partial charge in [0.25, 0.3) is 5.91 Å². The number of hydrogen-bond donors (Lipinski definition) is 1. The highest BCUT2D eigenvalue weighted by atomic mass is 32.2. The summed E-state index contributed by atoms with van der Waals surface area (Å²) < 4.78 is 26.4. The summed E-state index contributed by atoms with van der Waals surface area (Å²) in [5.41, 5.74) is 1.88. The summed E-state index contributed by atoms with van der Waals surface area (Å²) in [7, 11) is -0.659. The second-order valence-electron chi connectivity index (χ2n) is 7.17. The van der Waals surface area contributed by atoms with E-state index in [2.05, 4.69) is 10.2 Å². The van der Waals surface area contributed by atoms with Crippen LogP contribution in [-0.2, 0) is 10.0 Å². The highest BCUT2D eigenvalue weighted by molar-refractivity contribution is 7.98. The molecule has 1 heterocycles. The fraction of sp³-hybridized carbons (Fsp3) is 0.381. The minimum atomic E-state index is -3.64. The van der Waals surface area contributed by atoms with E-state index < -0.39 is 10.0 Å². The summed E-state index contributed by atoms with van der Waals surface area (Å²) in [6, 6.07) is 12.4. The van der Waals surface area contributed by atoms with E-state index in [0.29, 0.717) is 5.56 Å². The van der Waals surface area contributed by atoms with Crippen molar-refractivity contribution in [3.8, 4) is 0 Å². The predicted octanol–water partition coefficient (Wildman–Crippen LogP) is 3.90. The third-order valence-corrected chi connectivity index (χ3v) is 7.65. The Morgan fingerprint density at radius 3 is 2.41 bits per heavy atom. The molecule has 2 aromatic carbocycles. The Morgan fingerprint density at radius 2 is 1.76 bits per heavy atom. The number of amides is 1. The third kappa shape index (κ3) is 4.76. The zero-order valence-corrected chi connectivity index (χ0v) is 18.6. The van der Waals surface area contributed by atoms with E-state index in [1.54, 1.807) is 23.9 Å².